The predicted octanol–water partition coefficient (Wildman–Crippen LogP) is 0.980. The van der Waals surface area contributed by atoms with Crippen molar-refractivity contribution in [2.24, 2.45) is 0 Å². The van der Waals surface area contributed by atoms with E-state index in [0.29, 0.717) is 6.54 Å². The Kier molecular flexibility index (Phi) is 3.56. The molecule has 0 saturated heterocycles. The number of amides is 1. The van der Waals surface area contributed by atoms with Gasteiger partial charge < -0.3 is 5.32 Å². The summed E-state index contributed by atoms with van der Waals surface area (Å²) in [6, 6.07) is 2.08. The van der Waals surface area contributed by atoms with Gasteiger partial charge in [-0.15, -0.1) is 0 Å². The summed E-state index contributed by atoms with van der Waals surface area (Å²) in [5.74, 6) is -2.41. The van der Waals surface area contributed by atoms with Gasteiger partial charge in [-0.25, -0.2) is 4.98 Å². The van der Waals surface area contributed by atoms with E-state index in [1.807, 2.05) is 0 Å². The number of halogens is 2. The number of carbonyl (C=O) groups is 1. The highest BCUT2D eigenvalue weighted by atomic mass is 19.1. The molecule has 1 amide bonds. The van der Waals surface area contributed by atoms with E-state index in [1.54, 1.807) is 0 Å². The van der Waals surface area contributed by atoms with Gasteiger partial charge in [0.05, 0.1) is 12.2 Å². The Morgan fingerprint density at radius 3 is 2.89 bits per heavy atom. The molecule has 0 unspecified atom stereocenters. The maximum absolute atomic E-state index is 13.1. The van der Waals surface area contributed by atoms with Crippen molar-refractivity contribution in [2.75, 3.05) is 5.32 Å². The van der Waals surface area contributed by atoms with Gasteiger partial charge in [0.25, 0.3) is 0 Å². The van der Waals surface area contributed by atoms with Crippen molar-refractivity contribution in [3.8, 4) is 0 Å². The average molecular weight is 253 g/mol. The molecule has 2 rings (SSSR count). The van der Waals surface area contributed by atoms with Gasteiger partial charge in [-0.3, -0.25) is 9.48 Å². The Hall–Kier alpha value is -2.38. The predicted molar refractivity (Wildman–Crippen MR) is 57.4 cm³/mol. The Morgan fingerprint density at radius 1 is 1.39 bits per heavy atom. The maximum Gasteiger partial charge on any atom is 0.239 e. The number of pyridine rings is 1. The molecule has 0 spiro atoms. The fourth-order valence-electron chi connectivity index (χ4n) is 1.28. The van der Waals surface area contributed by atoms with Gasteiger partial charge in [0.15, 0.2) is 0 Å². The summed E-state index contributed by atoms with van der Waals surface area (Å²) in [5, 5.41) is 6.11. The number of nitrogens with zero attached hydrogens (tertiary/aromatic N) is 4. The van der Waals surface area contributed by atoms with Crippen LogP contribution in [0.3, 0.4) is 0 Å². The second-order valence-corrected chi connectivity index (χ2v) is 3.43. The fraction of sp³-hybridized carbons (Fsp3) is 0.200. The molecule has 94 valence electrons. The smallest absolute Gasteiger partial charge is 0.239 e. The van der Waals surface area contributed by atoms with Crippen LogP contribution in [0.15, 0.2) is 24.8 Å². The first kappa shape index (κ1) is 12.1. The second kappa shape index (κ2) is 5.30. The minimum atomic E-state index is -1.05. The molecule has 8 heteroatoms. The van der Waals surface area contributed by atoms with Crippen molar-refractivity contribution in [1.82, 2.24) is 19.7 Å². The van der Waals surface area contributed by atoms with Crippen LogP contribution in [0.5, 0.6) is 0 Å². The maximum atomic E-state index is 13.1. The van der Waals surface area contributed by atoms with E-state index in [4.69, 9.17) is 0 Å². The quantitative estimate of drug-likeness (QED) is 0.824. The largest absolute Gasteiger partial charge is 0.322 e. The Labute approximate surface area is 101 Å². The highest BCUT2D eigenvalue weighted by Gasteiger charge is 2.09. The first-order chi connectivity index (χ1) is 8.65. The minimum absolute atomic E-state index is 0.0974. The van der Waals surface area contributed by atoms with Crippen LogP contribution < -0.4 is 5.32 Å². The normalized spacial score (nSPS) is 10.3. The van der Waals surface area contributed by atoms with Gasteiger partial charge in [-0.1, -0.05) is 0 Å². The minimum Gasteiger partial charge on any atom is -0.322 e. The number of hydrogen-bond donors (Lipinski definition) is 1. The Bertz CT molecular complexity index is 543. The van der Waals surface area contributed by atoms with E-state index in [1.165, 1.54) is 17.3 Å². The topological polar surface area (TPSA) is 72.7 Å². The molecule has 0 radical (unpaired) electrons. The van der Waals surface area contributed by atoms with Crippen LogP contribution in [0, 0.1) is 11.9 Å². The number of anilines is 1. The van der Waals surface area contributed by atoms with E-state index >= 15 is 0 Å². The molecular weight excluding hydrogens is 244 g/mol. The van der Waals surface area contributed by atoms with Crippen LogP contribution in [0.25, 0.3) is 0 Å². The molecular formula is C10H9F2N5O. The first-order valence-corrected chi connectivity index (χ1v) is 5.09. The lowest BCUT2D eigenvalue weighted by atomic mass is 10.3. The Balaban J connectivity index is 1.91. The molecule has 0 aliphatic rings. The van der Waals surface area contributed by atoms with Crippen molar-refractivity contribution in [3.63, 3.8) is 0 Å². The Morgan fingerprint density at radius 2 is 2.22 bits per heavy atom. The zero-order chi connectivity index (χ0) is 13.0. The van der Waals surface area contributed by atoms with Gasteiger partial charge in [0, 0.05) is 6.42 Å². The molecule has 0 aromatic carbocycles. The van der Waals surface area contributed by atoms with Crippen molar-refractivity contribution in [2.45, 2.75) is 13.0 Å². The van der Waals surface area contributed by atoms with Crippen LogP contribution in [0.2, 0.25) is 0 Å². The summed E-state index contributed by atoms with van der Waals surface area (Å²) < 4.78 is 27.1. The number of aryl methyl sites for hydroxylation is 1. The summed E-state index contributed by atoms with van der Waals surface area (Å²) in [6.45, 7) is 0.322. The summed E-state index contributed by atoms with van der Waals surface area (Å²) >= 11 is 0. The summed E-state index contributed by atoms with van der Waals surface area (Å²) in [5.41, 5.74) is -0.153. The highest BCUT2D eigenvalue weighted by Crippen LogP contribution is 2.11. The fourth-order valence-corrected chi connectivity index (χ4v) is 1.28. The van der Waals surface area contributed by atoms with E-state index in [9.17, 15) is 13.6 Å². The lowest BCUT2D eigenvalue weighted by Gasteiger charge is -2.05. The van der Waals surface area contributed by atoms with Crippen molar-refractivity contribution >= 4 is 11.6 Å². The number of nitrogens with one attached hydrogen (secondary N) is 1. The van der Waals surface area contributed by atoms with Crippen molar-refractivity contribution in [3.05, 3.63) is 36.7 Å². The summed E-state index contributed by atoms with van der Waals surface area (Å²) in [4.78, 5) is 18.2. The zero-order valence-electron chi connectivity index (χ0n) is 9.18. The number of carbonyl (C=O) groups excluding carboxylic acids is 1. The van der Waals surface area contributed by atoms with Crippen LogP contribution >= 0.6 is 0 Å². The SMILES string of the molecule is O=C(CCn1cncn1)Nc1ccc(F)nc1F. The molecule has 2 aromatic rings. The third kappa shape index (κ3) is 3.06. The lowest BCUT2D eigenvalue weighted by molar-refractivity contribution is -0.116. The van der Waals surface area contributed by atoms with Crippen LogP contribution in [-0.4, -0.2) is 25.7 Å². The van der Waals surface area contributed by atoms with E-state index < -0.39 is 17.8 Å². The third-order valence-corrected chi connectivity index (χ3v) is 2.12. The van der Waals surface area contributed by atoms with Gasteiger partial charge >= 0.3 is 0 Å². The molecule has 0 aliphatic carbocycles. The number of hydrogen-bond acceptors (Lipinski definition) is 4. The molecule has 0 fully saturated rings. The molecule has 6 nitrogen and oxygen atoms in total. The van der Waals surface area contributed by atoms with Crippen molar-refractivity contribution < 1.29 is 13.6 Å². The third-order valence-electron chi connectivity index (χ3n) is 2.12. The zero-order valence-corrected chi connectivity index (χ0v) is 9.18. The van der Waals surface area contributed by atoms with Crippen LogP contribution in [0.1, 0.15) is 6.42 Å². The van der Waals surface area contributed by atoms with Crippen molar-refractivity contribution in [1.29, 1.82) is 0 Å². The second-order valence-electron chi connectivity index (χ2n) is 3.43. The molecule has 18 heavy (non-hydrogen) atoms. The standard InChI is InChI=1S/C10H9F2N5O/c11-8-2-1-7(10(12)16-8)15-9(18)3-4-17-6-13-5-14-17/h1-2,5-6H,3-4H2,(H,15,18). The summed E-state index contributed by atoms with van der Waals surface area (Å²) in [6.07, 6.45) is 2.91. The highest BCUT2D eigenvalue weighted by molar-refractivity contribution is 5.90. The van der Waals surface area contributed by atoms with E-state index in [0.717, 1.165) is 12.1 Å². The van der Waals surface area contributed by atoms with Gasteiger partial charge in [0.1, 0.15) is 12.7 Å². The molecule has 2 aromatic heterocycles. The van der Waals surface area contributed by atoms with Gasteiger partial charge in [0.2, 0.25) is 17.8 Å². The van der Waals surface area contributed by atoms with E-state index in [2.05, 4.69) is 20.4 Å². The molecule has 0 aliphatic heterocycles. The van der Waals surface area contributed by atoms with Gasteiger partial charge in [-0.05, 0) is 12.1 Å². The average Bonchev–Trinajstić information content (AvgIpc) is 2.83. The molecule has 0 atom stereocenters. The van der Waals surface area contributed by atoms with Gasteiger partial charge in [-0.2, -0.15) is 18.9 Å². The summed E-state index contributed by atoms with van der Waals surface area (Å²) in [7, 11) is 0. The number of rotatable bonds is 4. The molecule has 0 bridgehead atoms. The monoisotopic (exact) mass is 253 g/mol. The van der Waals surface area contributed by atoms with E-state index in [-0.39, 0.29) is 12.1 Å². The van der Waals surface area contributed by atoms with Crippen LogP contribution in [0.4, 0.5) is 14.5 Å². The first-order valence-electron chi connectivity index (χ1n) is 5.09. The molecule has 0 saturated carbocycles. The molecule has 1 N–H and O–H groups in total. The lowest BCUT2D eigenvalue weighted by Crippen LogP contribution is -2.16. The van der Waals surface area contributed by atoms with Crippen LogP contribution in [-0.2, 0) is 11.3 Å². The number of aromatic nitrogens is 4. The molecule has 2 heterocycles.